The lowest BCUT2D eigenvalue weighted by Crippen LogP contribution is -2.44. The highest BCUT2D eigenvalue weighted by Crippen LogP contribution is 2.31. The summed E-state index contributed by atoms with van der Waals surface area (Å²) in [5.41, 5.74) is 0.424. The Morgan fingerprint density at radius 3 is 2.80 bits per heavy atom. The number of carbonyl (C=O) groups excluding carboxylic acids is 1. The molecule has 2 aliphatic rings. The molecule has 0 radical (unpaired) electrons. The molecule has 1 aliphatic carbocycles. The van der Waals surface area contributed by atoms with E-state index < -0.39 is 0 Å². The molecule has 1 N–H and O–H groups in total. The van der Waals surface area contributed by atoms with E-state index in [1.807, 2.05) is 0 Å². The van der Waals surface area contributed by atoms with E-state index in [1.165, 1.54) is 6.07 Å². The molecule has 0 bridgehead atoms. The van der Waals surface area contributed by atoms with Gasteiger partial charge in [-0.05, 0) is 44.4 Å². The fourth-order valence-electron chi connectivity index (χ4n) is 2.72. The van der Waals surface area contributed by atoms with Crippen molar-refractivity contribution in [3.05, 3.63) is 34.6 Å². The number of benzene rings is 1. The second kappa shape index (κ2) is 5.70. The Balaban J connectivity index is 1.79. The van der Waals surface area contributed by atoms with Crippen LogP contribution in [-0.2, 0) is 11.3 Å². The summed E-state index contributed by atoms with van der Waals surface area (Å²) in [4.78, 5) is 14.4. The van der Waals surface area contributed by atoms with Gasteiger partial charge in [0, 0.05) is 16.6 Å². The van der Waals surface area contributed by atoms with Gasteiger partial charge in [-0.2, -0.15) is 0 Å². The first-order valence-corrected chi connectivity index (χ1v) is 7.51. The molecule has 1 atom stereocenters. The highest BCUT2D eigenvalue weighted by atomic mass is 35.5. The normalized spacial score (nSPS) is 22.0. The molecular formula is C15H18ClFN2O. The quantitative estimate of drug-likeness (QED) is 0.926. The molecule has 1 saturated heterocycles. The molecule has 1 amide bonds. The molecule has 1 aromatic carbocycles. The Morgan fingerprint density at radius 1 is 1.40 bits per heavy atom. The van der Waals surface area contributed by atoms with E-state index in [-0.39, 0.29) is 30.4 Å². The SMILES string of the molecule is O=C([C@@H]1CCCN1)N(Cc1c(F)cccc1Cl)C1CC1. The third-order valence-corrected chi connectivity index (χ3v) is 4.37. The molecule has 5 heteroatoms. The van der Waals surface area contributed by atoms with Gasteiger partial charge >= 0.3 is 0 Å². The summed E-state index contributed by atoms with van der Waals surface area (Å²) in [7, 11) is 0. The summed E-state index contributed by atoms with van der Waals surface area (Å²) in [5, 5.41) is 3.61. The van der Waals surface area contributed by atoms with Gasteiger partial charge in [0.05, 0.1) is 12.6 Å². The van der Waals surface area contributed by atoms with Crippen LogP contribution < -0.4 is 5.32 Å². The average Bonchev–Trinajstić information content (AvgIpc) is 3.11. The lowest BCUT2D eigenvalue weighted by atomic mass is 10.1. The maximum Gasteiger partial charge on any atom is 0.240 e. The molecule has 0 spiro atoms. The van der Waals surface area contributed by atoms with Gasteiger partial charge in [0.15, 0.2) is 0 Å². The van der Waals surface area contributed by atoms with E-state index in [2.05, 4.69) is 5.32 Å². The maximum atomic E-state index is 13.9. The molecule has 0 unspecified atom stereocenters. The number of halogens is 2. The van der Waals surface area contributed by atoms with Crippen molar-refractivity contribution in [2.24, 2.45) is 0 Å². The van der Waals surface area contributed by atoms with Crippen molar-refractivity contribution in [2.75, 3.05) is 6.54 Å². The van der Waals surface area contributed by atoms with Gasteiger partial charge < -0.3 is 10.2 Å². The van der Waals surface area contributed by atoms with Crippen molar-refractivity contribution in [2.45, 2.75) is 44.3 Å². The number of hydrogen-bond acceptors (Lipinski definition) is 2. The summed E-state index contributed by atoms with van der Waals surface area (Å²) in [6.07, 6.45) is 3.90. The van der Waals surface area contributed by atoms with Crippen molar-refractivity contribution < 1.29 is 9.18 Å². The summed E-state index contributed by atoms with van der Waals surface area (Å²) in [6.45, 7) is 1.16. The van der Waals surface area contributed by atoms with Crippen LogP contribution in [0.5, 0.6) is 0 Å². The molecule has 0 aromatic heterocycles. The molecule has 3 rings (SSSR count). The Bertz CT molecular complexity index is 492. The zero-order valence-electron chi connectivity index (χ0n) is 11.2. The first-order chi connectivity index (χ1) is 9.66. The van der Waals surface area contributed by atoms with Crippen LogP contribution in [0.15, 0.2) is 18.2 Å². The first-order valence-electron chi connectivity index (χ1n) is 7.13. The first kappa shape index (κ1) is 13.8. The zero-order valence-corrected chi connectivity index (χ0v) is 12.0. The Labute approximate surface area is 123 Å². The van der Waals surface area contributed by atoms with Gasteiger partial charge in [-0.15, -0.1) is 0 Å². The Hall–Kier alpha value is -1.13. The molecule has 108 valence electrons. The van der Waals surface area contributed by atoms with Crippen molar-refractivity contribution >= 4 is 17.5 Å². The molecule has 1 saturated carbocycles. The van der Waals surface area contributed by atoms with Crippen molar-refractivity contribution in [1.82, 2.24) is 10.2 Å². The lowest BCUT2D eigenvalue weighted by Gasteiger charge is -2.26. The van der Waals surface area contributed by atoms with Crippen LogP contribution in [0.25, 0.3) is 0 Å². The number of nitrogens with one attached hydrogen (secondary N) is 1. The number of nitrogens with zero attached hydrogens (tertiary/aromatic N) is 1. The molecule has 2 fully saturated rings. The standard InChI is InChI=1S/C15H18ClFN2O/c16-12-3-1-4-13(17)11(12)9-19(10-6-7-10)15(20)14-5-2-8-18-14/h1,3-4,10,14,18H,2,5-9H2/t14-/m0/s1. The Kier molecular flexibility index (Phi) is 3.94. The second-order valence-corrected chi connectivity index (χ2v) is 5.95. The smallest absolute Gasteiger partial charge is 0.240 e. The van der Waals surface area contributed by atoms with E-state index >= 15 is 0 Å². The zero-order chi connectivity index (χ0) is 14.1. The van der Waals surface area contributed by atoms with E-state index in [0.29, 0.717) is 10.6 Å². The summed E-state index contributed by atoms with van der Waals surface area (Å²) in [6, 6.07) is 4.79. The number of carbonyl (C=O) groups is 1. The number of amides is 1. The van der Waals surface area contributed by atoms with Crippen LogP contribution in [0.2, 0.25) is 5.02 Å². The Morgan fingerprint density at radius 2 is 2.20 bits per heavy atom. The van der Waals surface area contributed by atoms with Crippen LogP contribution in [0.4, 0.5) is 4.39 Å². The van der Waals surface area contributed by atoms with Crippen molar-refractivity contribution in [1.29, 1.82) is 0 Å². The average molecular weight is 297 g/mol. The van der Waals surface area contributed by atoms with Gasteiger partial charge in [0.2, 0.25) is 5.91 Å². The maximum absolute atomic E-state index is 13.9. The summed E-state index contributed by atoms with van der Waals surface area (Å²) < 4.78 is 13.9. The van der Waals surface area contributed by atoms with Crippen LogP contribution >= 0.6 is 11.6 Å². The minimum Gasteiger partial charge on any atom is -0.334 e. The monoisotopic (exact) mass is 296 g/mol. The van der Waals surface area contributed by atoms with Gasteiger partial charge in [0.25, 0.3) is 0 Å². The van der Waals surface area contributed by atoms with Crippen LogP contribution in [0, 0.1) is 5.82 Å². The topological polar surface area (TPSA) is 32.3 Å². The molecule has 1 aliphatic heterocycles. The largest absolute Gasteiger partial charge is 0.334 e. The molecule has 1 aromatic rings. The minimum atomic E-state index is -0.338. The minimum absolute atomic E-state index is 0.0873. The van der Waals surface area contributed by atoms with Crippen LogP contribution in [-0.4, -0.2) is 29.4 Å². The van der Waals surface area contributed by atoms with Gasteiger partial charge in [-0.3, -0.25) is 4.79 Å². The van der Waals surface area contributed by atoms with E-state index in [0.717, 1.165) is 32.2 Å². The van der Waals surface area contributed by atoms with E-state index in [4.69, 9.17) is 11.6 Å². The third kappa shape index (κ3) is 2.81. The third-order valence-electron chi connectivity index (χ3n) is 4.02. The fourth-order valence-corrected chi connectivity index (χ4v) is 2.95. The molecular weight excluding hydrogens is 279 g/mol. The molecule has 1 heterocycles. The van der Waals surface area contributed by atoms with Crippen LogP contribution in [0.1, 0.15) is 31.2 Å². The summed E-state index contributed by atoms with van der Waals surface area (Å²) >= 11 is 6.07. The van der Waals surface area contributed by atoms with Crippen molar-refractivity contribution in [3.8, 4) is 0 Å². The highest BCUT2D eigenvalue weighted by Gasteiger charge is 2.37. The number of hydrogen-bond donors (Lipinski definition) is 1. The molecule has 3 nitrogen and oxygen atoms in total. The van der Waals surface area contributed by atoms with Gasteiger partial charge in [-0.1, -0.05) is 17.7 Å². The predicted molar refractivity (Wildman–Crippen MR) is 76.0 cm³/mol. The summed E-state index contributed by atoms with van der Waals surface area (Å²) in [5.74, 6) is -0.250. The second-order valence-electron chi connectivity index (χ2n) is 5.55. The highest BCUT2D eigenvalue weighted by molar-refractivity contribution is 6.31. The van der Waals surface area contributed by atoms with Crippen LogP contribution in [0.3, 0.4) is 0 Å². The van der Waals surface area contributed by atoms with E-state index in [9.17, 15) is 9.18 Å². The van der Waals surface area contributed by atoms with Crippen molar-refractivity contribution in [3.63, 3.8) is 0 Å². The van der Waals surface area contributed by atoms with Gasteiger partial charge in [-0.25, -0.2) is 4.39 Å². The lowest BCUT2D eigenvalue weighted by molar-refractivity contribution is -0.134. The van der Waals surface area contributed by atoms with E-state index in [1.54, 1.807) is 17.0 Å². The number of rotatable bonds is 4. The predicted octanol–water partition coefficient (Wildman–Crippen LogP) is 2.72. The van der Waals surface area contributed by atoms with Gasteiger partial charge in [0.1, 0.15) is 5.82 Å². The fraction of sp³-hybridized carbons (Fsp3) is 0.533. The molecule has 20 heavy (non-hydrogen) atoms.